The molecule has 0 unspecified atom stereocenters. The average Bonchev–Trinajstić information content (AvgIpc) is 1.78. The van der Waals surface area contributed by atoms with Crippen molar-refractivity contribution in [3.8, 4) is 68.8 Å². The van der Waals surface area contributed by atoms with Gasteiger partial charge in [-0.05, 0) is 182 Å². The second kappa shape index (κ2) is 39.2. The Hall–Kier alpha value is -12.2. The van der Waals surface area contributed by atoms with Crippen molar-refractivity contribution in [1.29, 1.82) is 0 Å². The number of hydrogen-bond donors (Lipinski definition) is 13. The minimum Gasteiger partial charge on any atom is -0.870 e. The van der Waals surface area contributed by atoms with Crippen LogP contribution in [-0.2, 0) is 28.8 Å². The second-order valence-electron chi connectivity index (χ2n) is 19.3. The Morgan fingerprint density at radius 2 is 0.716 bits per heavy atom. The first kappa shape index (κ1) is 80.9. The van der Waals surface area contributed by atoms with Gasteiger partial charge in [-0.1, -0.05) is 18.2 Å². The van der Waals surface area contributed by atoms with E-state index in [1.165, 1.54) is 42.8 Å². The summed E-state index contributed by atoms with van der Waals surface area (Å²) >= 11 is 0. The van der Waals surface area contributed by atoms with Crippen LogP contribution in [0, 0.1) is 55.4 Å². The van der Waals surface area contributed by atoms with Gasteiger partial charge in [-0.2, -0.15) is 39.0 Å². The number of nitrogen functional groups attached to an aromatic ring is 1. The van der Waals surface area contributed by atoms with Crippen LogP contribution in [0.2, 0.25) is 0 Å². The maximum atomic E-state index is 12.5. The van der Waals surface area contributed by atoms with Crippen LogP contribution in [-0.4, -0.2) is 120 Å². The fraction of sp³-hybridized carbons (Fsp3) is 0.123. The molecule has 95 heavy (non-hydrogen) atoms. The number of aryl methyl sites for hydroxylation is 8. The number of phenols is 9. The summed E-state index contributed by atoms with van der Waals surface area (Å²) in [5.41, 5.74) is 20.1. The fourth-order valence-corrected chi connectivity index (χ4v) is 8.53. The average molecular weight is 1310 g/mol. The Bertz CT molecular complexity index is 4240. The summed E-state index contributed by atoms with van der Waals surface area (Å²) in [4.78, 5) is 95.3. The maximum Gasteiger partial charge on any atom is 1.00 e. The van der Waals surface area contributed by atoms with E-state index >= 15 is 0 Å². The molecule has 0 aliphatic carbocycles. The number of phenolic OH excluding ortho intramolecular Hbond substituents is 9. The smallest absolute Gasteiger partial charge is 0.870 e. The predicted molar refractivity (Wildman–Crippen MR) is 334 cm³/mol. The minimum atomic E-state index is -0.672. The Kier molecular flexibility index (Phi) is 33.3. The molecule has 3 heterocycles. The first-order valence-corrected chi connectivity index (χ1v) is 26.7. The van der Waals surface area contributed by atoms with Crippen LogP contribution in [0.25, 0.3) is 17.1 Å². The number of hydrazine groups is 1. The van der Waals surface area contributed by atoms with Crippen molar-refractivity contribution in [3.05, 3.63) is 212 Å². The van der Waals surface area contributed by atoms with Crippen LogP contribution in [0.4, 0.5) is 0 Å². The third-order valence-electron chi connectivity index (χ3n) is 13.1. The van der Waals surface area contributed by atoms with Crippen LogP contribution >= 0.6 is 0 Å². The normalized spacial score (nSPS) is 9.74. The van der Waals surface area contributed by atoms with Gasteiger partial charge in [0.25, 0.3) is 17.7 Å². The predicted octanol–water partition coefficient (Wildman–Crippen LogP) is 3.96. The van der Waals surface area contributed by atoms with Crippen LogP contribution < -0.4 is 51.7 Å². The Morgan fingerprint density at radius 1 is 0.411 bits per heavy atom. The number of rotatable bonds is 11. The van der Waals surface area contributed by atoms with Crippen molar-refractivity contribution < 1.29 is 129 Å². The van der Waals surface area contributed by atoms with Crippen LogP contribution in [0.5, 0.6) is 51.7 Å². The maximum absolute atomic E-state index is 12.5. The molecule has 0 spiro atoms. The van der Waals surface area contributed by atoms with Crippen LogP contribution in [0.3, 0.4) is 0 Å². The first-order valence-electron chi connectivity index (χ1n) is 26.7. The minimum absolute atomic E-state index is 0. The van der Waals surface area contributed by atoms with Gasteiger partial charge >= 0.3 is 48.0 Å². The van der Waals surface area contributed by atoms with Crippen LogP contribution in [0.15, 0.2) is 144 Å². The molecule has 3 aromatic heterocycles. The number of aldehydes is 1. The molecule has 0 saturated heterocycles. The van der Waals surface area contributed by atoms with E-state index in [9.17, 15) is 49.8 Å². The van der Waals surface area contributed by atoms with Gasteiger partial charge in [0.1, 0.15) is 0 Å². The van der Waals surface area contributed by atoms with Gasteiger partial charge in [0, 0.05) is 79.0 Å². The van der Waals surface area contributed by atoms with Crippen molar-refractivity contribution in [2.45, 2.75) is 55.4 Å². The molecule has 0 radical (unpaired) electrons. The molecule has 29 nitrogen and oxygen atoms in total. The number of hydrazone groups is 2. The van der Waals surface area contributed by atoms with Crippen molar-refractivity contribution in [1.82, 2.24) is 30.0 Å². The number of nitrogens with one attached hydrogen (secondary N) is 3. The molecule has 6 aromatic carbocycles. The molecule has 0 saturated carbocycles. The molecule has 0 aliphatic heterocycles. The molecular formula is C65H64N9NaO20. The van der Waals surface area contributed by atoms with Crippen molar-refractivity contribution >= 4 is 54.9 Å². The van der Waals surface area contributed by atoms with E-state index in [1.54, 1.807) is 36.4 Å². The van der Waals surface area contributed by atoms with Gasteiger partial charge in [-0.15, -0.1) is 0 Å². The molecule has 0 fully saturated rings. The molecular weight excluding hydrogens is 1250 g/mol. The SMILES string of the molecule is Cc1ccc(C(=O)N/N=C/c2ccc(O)c(O)c2O)cc1-n1c(C)ccc1C.Cc1ccc(C(=O)NN)cc1-n1c(C)ccc1C.Cc1ccc(C)n1-c1cccc(C(=O)N/N=C/c2ccc(O)c(O)c2O)c1.O=C=O.O=C=O.O=C=O.O=Cc1ccc(O)c(O)c1O.[Na+].[OH-]. The van der Waals surface area contributed by atoms with Gasteiger partial charge in [0.2, 0.25) is 17.2 Å². The molecule has 0 atom stereocenters. The molecule has 9 aromatic rings. The Morgan fingerprint density at radius 3 is 1.05 bits per heavy atom. The zero-order chi connectivity index (χ0) is 69.8. The summed E-state index contributed by atoms with van der Waals surface area (Å²) in [6, 6.07) is 37.7. The molecule has 0 bridgehead atoms. The number of nitrogens with zero attached hydrogens (tertiary/aromatic N) is 5. The van der Waals surface area contributed by atoms with Gasteiger partial charge in [-0.3, -0.25) is 24.6 Å². The van der Waals surface area contributed by atoms with Gasteiger partial charge in [0.15, 0.2) is 40.8 Å². The molecule has 3 amide bonds. The summed E-state index contributed by atoms with van der Waals surface area (Å²) in [6.07, 6.45) is 3.49. The molecule has 15 N–H and O–H groups in total. The van der Waals surface area contributed by atoms with Gasteiger partial charge in [0.05, 0.1) is 18.0 Å². The quantitative estimate of drug-likeness (QED) is 0.0166. The monoisotopic (exact) mass is 1310 g/mol. The fourth-order valence-electron chi connectivity index (χ4n) is 8.53. The second-order valence-corrected chi connectivity index (χ2v) is 19.3. The summed E-state index contributed by atoms with van der Waals surface area (Å²) < 4.78 is 6.24. The number of carbonyl (C=O) groups excluding carboxylic acids is 10. The number of carbonyl (C=O) groups is 4. The van der Waals surface area contributed by atoms with E-state index in [1.807, 2.05) is 108 Å². The molecule has 30 heteroatoms. The van der Waals surface area contributed by atoms with E-state index in [0.717, 1.165) is 68.4 Å². The zero-order valence-corrected chi connectivity index (χ0v) is 54.3. The third kappa shape index (κ3) is 22.0. The van der Waals surface area contributed by atoms with Crippen molar-refractivity contribution in [3.63, 3.8) is 0 Å². The summed E-state index contributed by atoms with van der Waals surface area (Å²) in [5, 5.41) is 91.3. The number of aromatic nitrogens is 3. The standard InChI is InChI=1S/C21H21N3O4.C20H19N3O4.C14H17N3O.C7H6O4.3CO2.Na.H2O/c1-12-4-7-15(10-17(12)24-13(2)5-6-14(24)3)21(28)23-22-11-16-8-9-18(25)20(27)19(16)26;1-12-6-7-13(2)23(12)16-5-3-4-14(10-16)20(27)22-21-11-15-8-9-17(24)19(26)18(15)25;1-9-4-7-12(14(18)16-15)8-13(9)17-10(2)5-6-11(17)3;8-3-4-1-2-5(9)7(11)6(4)10;3*2-1-3;;/h4-11,25-27H,1-3H3,(H,23,28);3-11,24-26H,1-2H3,(H,22,27);4-8H,15H2,1-3H3,(H,16,18);1-3,9-11H;;;;;1H2/q;;;;;;;+1;/p-1/b22-11+;21-11+;;;;;;;. The van der Waals surface area contributed by atoms with Gasteiger partial charge in [-0.25, -0.2) is 16.7 Å². The summed E-state index contributed by atoms with van der Waals surface area (Å²) in [7, 11) is 0. The van der Waals surface area contributed by atoms with Crippen molar-refractivity contribution in [2.75, 3.05) is 0 Å². The summed E-state index contributed by atoms with van der Waals surface area (Å²) in [5.74, 6) is -0.879. The topological polar surface area (TPSA) is 484 Å². The molecule has 0 aliphatic rings. The van der Waals surface area contributed by atoms with Crippen molar-refractivity contribution in [2.24, 2.45) is 16.0 Å². The summed E-state index contributed by atoms with van der Waals surface area (Å²) in [6.45, 7) is 16.1. The number of hydrogen-bond acceptors (Lipinski definition) is 23. The number of nitrogens with two attached hydrogens (primary N) is 1. The Labute approximate surface area is 563 Å². The molecule has 490 valence electrons. The third-order valence-corrected chi connectivity index (χ3v) is 13.1. The Balaban J connectivity index is 0.000000626. The van der Waals surface area contributed by atoms with E-state index in [0.29, 0.717) is 23.0 Å². The number of amides is 3. The van der Waals surface area contributed by atoms with Crippen LogP contribution in [0.1, 0.15) is 97.8 Å². The van der Waals surface area contributed by atoms with Gasteiger partial charge < -0.3 is 65.1 Å². The van der Waals surface area contributed by atoms with E-state index in [4.69, 9.17) is 49.9 Å². The zero-order valence-electron chi connectivity index (χ0n) is 52.3. The van der Waals surface area contributed by atoms with E-state index in [-0.39, 0.29) is 76.1 Å². The molecule has 9 rings (SSSR count). The largest absolute Gasteiger partial charge is 1.00 e. The van der Waals surface area contributed by atoms with E-state index in [2.05, 4.69) is 47.7 Å². The number of aromatic hydroxyl groups is 9. The number of benzene rings is 6. The first-order chi connectivity index (χ1) is 44.1. The van der Waals surface area contributed by atoms with E-state index < -0.39 is 63.6 Å².